The van der Waals surface area contributed by atoms with E-state index in [1.54, 1.807) is 6.33 Å². The van der Waals surface area contributed by atoms with E-state index in [0.29, 0.717) is 10.8 Å². The van der Waals surface area contributed by atoms with Crippen LogP contribution in [0.5, 0.6) is 0 Å². The van der Waals surface area contributed by atoms with Crippen molar-refractivity contribution in [2.75, 3.05) is 0 Å². The van der Waals surface area contributed by atoms with Gasteiger partial charge in [0.1, 0.15) is 11.5 Å². The average molecular weight is 329 g/mol. The van der Waals surface area contributed by atoms with Crippen LogP contribution in [-0.2, 0) is 0 Å². The summed E-state index contributed by atoms with van der Waals surface area (Å²) in [5.41, 5.74) is 5.29. The van der Waals surface area contributed by atoms with E-state index in [4.69, 9.17) is 16.6 Å². The molecular formula is C16H17ClN6. The van der Waals surface area contributed by atoms with Crippen LogP contribution in [0.2, 0.25) is 5.02 Å². The molecule has 2 aliphatic heterocycles. The van der Waals surface area contributed by atoms with Gasteiger partial charge in [-0.05, 0) is 30.7 Å². The number of aromatic amines is 1. The van der Waals surface area contributed by atoms with Crippen molar-refractivity contribution >= 4 is 29.1 Å². The third-order valence-electron chi connectivity index (χ3n) is 3.99. The Kier molecular flexibility index (Phi) is 3.53. The highest BCUT2D eigenvalue weighted by molar-refractivity contribution is 6.30. The highest BCUT2D eigenvalue weighted by atomic mass is 35.5. The predicted octanol–water partition coefficient (Wildman–Crippen LogP) is 3.56. The van der Waals surface area contributed by atoms with Gasteiger partial charge < -0.3 is 4.98 Å². The van der Waals surface area contributed by atoms with Crippen molar-refractivity contribution in [2.45, 2.75) is 32.4 Å². The van der Waals surface area contributed by atoms with Crippen molar-refractivity contribution in [2.24, 2.45) is 9.98 Å². The van der Waals surface area contributed by atoms with Crippen LogP contribution in [0.15, 0.2) is 40.6 Å². The van der Waals surface area contributed by atoms with Gasteiger partial charge in [0, 0.05) is 17.0 Å². The lowest BCUT2D eigenvalue weighted by Gasteiger charge is -2.29. The zero-order valence-corrected chi connectivity index (χ0v) is 13.5. The summed E-state index contributed by atoms with van der Waals surface area (Å²) < 4.78 is 0. The van der Waals surface area contributed by atoms with Crippen LogP contribution in [0.3, 0.4) is 0 Å². The van der Waals surface area contributed by atoms with E-state index in [2.05, 4.69) is 27.3 Å². The molecule has 0 saturated carbocycles. The molecule has 3 heterocycles. The SMILES string of the molecule is CCCCC1=NC2c3[nH]cnc3N=C(c3ccc(Cl)cc3)N2N1. The summed E-state index contributed by atoms with van der Waals surface area (Å²) in [6, 6.07) is 7.65. The lowest BCUT2D eigenvalue weighted by Crippen LogP contribution is -2.44. The quantitative estimate of drug-likeness (QED) is 0.901. The molecule has 4 rings (SSSR count). The molecule has 1 aromatic heterocycles. The number of amidine groups is 2. The molecule has 1 atom stereocenters. The number of fused-ring (bicyclic) bond motifs is 3. The van der Waals surface area contributed by atoms with Gasteiger partial charge in [0.05, 0.1) is 6.33 Å². The summed E-state index contributed by atoms with van der Waals surface area (Å²) in [5.74, 6) is 2.49. The standard InChI is InChI=1S/C16H17ClN6/c1-2-3-4-12-20-16-13-14(19-9-18-13)21-15(23(16)22-12)10-5-7-11(17)8-6-10/h5-9,16H,2-4H2,1H3,(H,18,19)(H,20,22). The van der Waals surface area contributed by atoms with Gasteiger partial charge in [-0.1, -0.05) is 24.9 Å². The van der Waals surface area contributed by atoms with E-state index in [-0.39, 0.29) is 6.17 Å². The van der Waals surface area contributed by atoms with Crippen LogP contribution in [0.1, 0.15) is 43.6 Å². The lowest BCUT2D eigenvalue weighted by molar-refractivity contribution is 0.310. The normalized spacial score (nSPS) is 18.9. The summed E-state index contributed by atoms with van der Waals surface area (Å²) in [5, 5.41) is 2.70. The number of H-pyrrole nitrogens is 1. The number of nitrogens with zero attached hydrogens (tertiary/aromatic N) is 4. The van der Waals surface area contributed by atoms with E-state index < -0.39 is 0 Å². The molecule has 0 spiro atoms. The second-order valence-electron chi connectivity index (χ2n) is 5.62. The number of aromatic nitrogens is 2. The minimum atomic E-state index is -0.150. The monoisotopic (exact) mass is 328 g/mol. The second-order valence-corrected chi connectivity index (χ2v) is 6.05. The number of aliphatic imine (C=N–C) groups is 2. The van der Waals surface area contributed by atoms with Crippen molar-refractivity contribution in [1.29, 1.82) is 0 Å². The molecular weight excluding hydrogens is 312 g/mol. The third kappa shape index (κ3) is 2.49. The fourth-order valence-corrected chi connectivity index (χ4v) is 2.92. The first-order valence-corrected chi connectivity index (χ1v) is 8.14. The third-order valence-corrected chi connectivity index (χ3v) is 4.24. The molecule has 2 aromatic rings. The molecule has 0 aliphatic carbocycles. The number of rotatable bonds is 4. The van der Waals surface area contributed by atoms with Crippen LogP contribution in [-0.4, -0.2) is 26.6 Å². The molecule has 0 radical (unpaired) electrons. The molecule has 7 heteroatoms. The van der Waals surface area contributed by atoms with Gasteiger partial charge in [0.15, 0.2) is 17.8 Å². The van der Waals surface area contributed by atoms with Crippen LogP contribution in [0.25, 0.3) is 0 Å². The number of benzene rings is 1. The molecule has 1 unspecified atom stereocenters. The van der Waals surface area contributed by atoms with Gasteiger partial charge in [0.25, 0.3) is 0 Å². The van der Waals surface area contributed by atoms with E-state index in [1.807, 2.05) is 29.3 Å². The van der Waals surface area contributed by atoms with Gasteiger partial charge in [0.2, 0.25) is 0 Å². The van der Waals surface area contributed by atoms with Crippen molar-refractivity contribution in [3.05, 3.63) is 46.9 Å². The van der Waals surface area contributed by atoms with Crippen LogP contribution < -0.4 is 5.43 Å². The molecule has 0 amide bonds. The molecule has 2 aliphatic rings. The second kappa shape index (κ2) is 5.70. The lowest BCUT2D eigenvalue weighted by atomic mass is 10.1. The van der Waals surface area contributed by atoms with Crippen molar-refractivity contribution in [3.63, 3.8) is 0 Å². The maximum absolute atomic E-state index is 6.00. The number of halogens is 1. The number of hydrazine groups is 1. The zero-order valence-electron chi connectivity index (χ0n) is 12.8. The fraction of sp³-hybridized carbons (Fsp3) is 0.312. The predicted molar refractivity (Wildman–Crippen MR) is 90.9 cm³/mol. The Hall–Kier alpha value is -2.34. The van der Waals surface area contributed by atoms with Gasteiger partial charge in [-0.2, -0.15) is 0 Å². The Labute approximate surface area is 139 Å². The van der Waals surface area contributed by atoms with E-state index in [0.717, 1.165) is 42.2 Å². The highest BCUT2D eigenvalue weighted by Crippen LogP contribution is 2.36. The molecule has 2 N–H and O–H groups in total. The molecule has 118 valence electrons. The van der Waals surface area contributed by atoms with Crippen LogP contribution in [0, 0.1) is 0 Å². The first-order chi connectivity index (χ1) is 11.3. The first-order valence-electron chi connectivity index (χ1n) is 7.76. The number of nitrogens with one attached hydrogen (secondary N) is 2. The molecule has 1 aromatic carbocycles. The number of imidazole rings is 1. The highest BCUT2D eigenvalue weighted by Gasteiger charge is 2.37. The molecule has 0 saturated heterocycles. The summed E-state index contributed by atoms with van der Waals surface area (Å²) in [6.45, 7) is 2.18. The summed E-state index contributed by atoms with van der Waals surface area (Å²) >= 11 is 6.00. The number of hydrogen-bond acceptors (Lipinski definition) is 5. The maximum atomic E-state index is 6.00. The Morgan fingerprint density at radius 2 is 2.09 bits per heavy atom. The van der Waals surface area contributed by atoms with Crippen molar-refractivity contribution in [3.8, 4) is 0 Å². The average Bonchev–Trinajstić information content (AvgIpc) is 3.18. The number of hydrogen-bond donors (Lipinski definition) is 2. The topological polar surface area (TPSA) is 68.7 Å². The minimum Gasteiger partial charge on any atom is -0.343 e. The fourth-order valence-electron chi connectivity index (χ4n) is 2.79. The summed E-state index contributed by atoms with van der Waals surface area (Å²) in [4.78, 5) is 17.0. The van der Waals surface area contributed by atoms with E-state index >= 15 is 0 Å². The van der Waals surface area contributed by atoms with Crippen LogP contribution >= 0.6 is 11.6 Å². The first kappa shape index (κ1) is 14.3. The van der Waals surface area contributed by atoms with Crippen molar-refractivity contribution in [1.82, 2.24) is 20.4 Å². The van der Waals surface area contributed by atoms with E-state index in [9.17, 15) is 0 Å². The Balaban J connectivity index is 1.73. The maximum Gasteiger partial charge on any atom is 0.187 e. The Morgan fingerprint density at radius 1 is 1.26 bits per heavy atom. The largest absolute Gasteiger partial charge is 0.343 e. The Bertz CT molecular complexity index is 776. The molecule has 6 nitrogen and oxygen atoms in total. The summed E-state index contributed by atoms with van der Waals surface area (Å²) in [6.07, 6.45) is 4.69. The number of unbranched alkanes of at least 4 members (excludes halogenated alkanes) is 1. The van der Waals surface area contributed by atoms with E-state index in [1.165, 1.54) is 0 Å². The van der Waals surface area contributed by atoms with Gasteiger partial charge in [-0.25, -0.2) is 20.0 Å². The minimum absolute atomic E-state index is 0.150. The molecule has 0 bridgehead atoms. The smallest absolute Gasteiger partial charge is 0.187 e. The van der Waals surface area contributed by atoms with Gasteiger partial charge in [-0.3, -0.25) is 5.43 Å². The summed E-state index contributed by atoms with van der Waals surface area (Å²) in [7, 11) is 0. The van der Waals surface area contributed by atoms with Gasteiger partial charge in [-0.15, -0.1) is 0 Å². The van der Waals surface area contributed by atoms with Crippen molar-refractivity contribution < 1.29 is 0 Å². The van der Waals surface area contributed by atoms with Crippen LogP contribution in [0.4, 0.5) is 5.82 Å². The Morgan fingerprint density at radius 3 is 2.87 bits per heavy atom. The van der Waals surface area contributed by atoms with Gasteiger partial charge >= 0.3 is 0 Å². The molecule has 0 fully saturated rings. The molecule has 23 heavy (non-hydrogen) atoms. The zero-order chi connectivity index (χ0) is 15.8.